The van der Waals surface area contributed by atoms with Crippen molar-refractivity contribution in [2.75, 3.05) is 13.2 Å². The van der Waals surface area contributed by atoms with Gasteiger partial charge in [0, 0.05) is 13.0 Å². The molecule has 0 heterocycles. The SMILES string of the molecule is C/C(=C\CC(C)C)COC(=O)N[C@](C)(CN)CC(F)F. The highest BCUT2D eigenvalue weighted by Gasteiger charge is 2.29. The van der Waals surface area contributed by atoms with Gasteiger partial charge >= 0.3 is 6.09 Å². The van der Waals surface area contributed by atoms with E-state index in [1.165, 1.54) is 6.92 Å². The van der Waals surface area contributed by atoms with Gasteiger partial charge in [0.05, 0.1) is 5.54 Å². The van der Waals surface area contributed by atoms with Gasteiger partial charge in [-0.05, 0) is 31.8 Å². The van der Waals surface area contributed by atoms with Crippen molar-refractivity contribution in [2.45, 2.75) is 52.5 Å². The van der Waals surface area contributed by atoms with Crippen molar-refractivity contribution in [3.63, 3.8) is 0 Å². The molecule has 20 heavy (non-hydrogen) atoms. The maximum absolute atomic E-state index is 12.4. The second kappa shape index (κ2) is 8.89. The average Bonchev–Trinajstić information content (AvgIpc) is 2.32. The van der Waals surface area contributed by atoms with Gasteiger partial charge in [0.25, 0.3) is 0 Å². The van der Waals surface area contributed by atoms with E-state index in [0.29, 0.717) is 5.92 Å². The zero-order valence-corrected chi connectivity index (χ0v) is 12.7. The molecule has 1 amide bonds. The summed E-state index contributed by atoms with van der Waals surface area (Å²) in [5.41, 5.74) is 5.20. The molecule has 0 bridgehead atoms. The number of allylic oxidation sites excluding steroid dienone is 1. The zero-order chi connectivity index (χ0) is 15.8. The summed E-state index contributed by atoms with van der Waals surface area (Å²) in [7, 11) is 0. The van der Waals surface area contributed by atoms with Crippen LogP contribution in [-0.4, -0.2) is 31.2 Å². The number of amides is 1. The molecule has 0 rings (SSSR count). The third-order valence-corrected chi connectivity index (χ3v) is 2.83. The van der Waals surface area contributed by atoms with Crippen molar-refractivity contribution < 1.29 is 18.3 Å². The van der Waals surface area contributed by atoms with Crippen LogP contribution in [0.5, 0.6) is 0 Å². The van der Waals surface area contributed by atoms with Gasteiger partial charge in [0.1, 0.15) is 6.61 Å². The number of hydrogen-bond donors (Lipinski definition) is 2. The summed E-state index contributed by atoms with van der Waals surface area (Å²) < 4.78 is 29.8. The Kier molecular flexibility index (Phi) is 8.37. The fraction of sp³-hybridized carbons (Fsp3) is 0.786. The normalized spacial score (nSPS) is 15.3. The summed E-state index contributed by atoms with van der Waals surface area (Å²) >= 11 is 0. The van der Waals surface area contributed by atoms with Crippen molar-refractivity contribution in [3.05, 3.63) is 11.6 Å². The Morgan fingerprint density at radius 3 is 2.50 bits per heavy atom. The molecule has 3 N–H and O–H groups in total. The lowest BCUT2D eigenvalue weighted by Crippen LogP contribution is -2.52. The lowest BCUT2D eigenvalue weighted by molar-refractivity contribution is 0.0912. The van der Waals surface area contributed by atoms with Gasteiger partial charge in [-0.2, -0.15) is 0 Å². The predicted molar refractivity (Wildman–Crippen MR) is 75.8 cm³/mol. The number of hydrogen-bond acceptors (Lipinski definition) is 3. The number of nitrogens with two attached hydrogens (primary N) is 1. The van der Waals surface area contributed by atoms with Crippen LogP contribution in [0, 0.1) is 5.92 Å². The maximum Gasteiger partial charge on any atom is 0.407 e. The molecule has 0 aromatic rings. The molecule has 0 saturated carbocycles. The quantitative estimate of drug-likeness (QED) is 0.676. The Hall–Kier alpha value is -1.17. The Morgan fingerprint density at radius 1 is 1.45 bits per heavy atom. The van der Waals surface area contributed by atoms with Crippen molar-refractivity contribution in [2.24, 2.45) is 11.7 Å². The molecule has 0 unspecified atom stereocenters. The van der Waals surface area contributed by atoms with Crippen LogP contribution in [0.3, 0.4) is 0 Å². The minimum Gasteiger partial charge on any atom is -0.445 e. The van der Waals surface area contributed by atoms with Gasteiger partial charge in [0.15, 0.2) is 0 Å². The Labute approximate surface area is 119 Å². The van der Waals surface area contributed by atoms with Crippen molar-refractivity contribution in [1.82, 2.24) is 5.32 Å². The van der Waals surface area contributed by atoms with E-state index < -0.39 is 24.5 Å². The monoisotopic (exact) mass is 292 g/mol. The molecule has 0 radical (unpaired) electrons. The highest BCUT2D eigenvalue weighted by atomic mass is 19.3. The smallest absolute Gasteiger partial charge is 0.407 e. The minimum atomic E-state index is -2.53. The third-order valence-electron chi connectivity index (χ3n) is 2.83. The number of ether oxygens (including phenoxy) is 1. The van der Waals surface area contributed by atoms with Crippen LogP contribution in [0.15, 0.2) is 11.6 Å². The molecule has 1 atom stereocenters. The van der Waals surface area contributed by atoms with Gasteiger partial charge in [-0.1, -0.05) is 19.9 Å². The van der Waals surface area contributed by atoms with Crippen LogP contribution >= 0.6 is 0 Å². The van der Waals surface area contributed by atoms with Gasteiger partial charge < -0.3 is 15.8 Å². The summed E-state index contributed by atoms with van der Waals surface area (Å²) in [4.78, 5) is 11.6. The first-order chi connectivity index (χ1) is 9.18. The minimum absolute atomic E-state index is 0.0748. The molecule has 6 heteroatoms. The molecular weight excluding hydrogens is 266 g/mol. The molecule has 0 aliphatic rings. The van der Waals surface area contributed by atoms with Crippen molar-refractivity contribution >= 4 is 6.09 Å². The van der Waals surface area contributed by atoms with Gasteiger partial charge in [-0.3, -0.25) is 0 Å². The van der Waals surface area contributed by atoms with E-state index in [0.717, 1.165) is 12.0 Å². The van der Waals surface area contributed by atoms with E-state index in [-0.39, 0.29) is 13.2 Å². The maximum atomic E-state index is 12.4. The van der Waals surface area contributed by atoms with Crippen LogP contribution in [0.2, 0.25) is 0 Å². The summed E-state index contributed by atoms with van der Waals surface area (Å²) in [6.07, 6.45) is -0.852. The number of rotatable bonds is 8. The molecule has 0 fully saturated rings. The fourth-order valence-electron chi connectivity index (χ4n) is 1.48. The molecule has 0 aromatic carbocycles. The van der Waals surface area contributed by atoms with E-state index in [4.69, 9.17) is 10.5 Å². The number of nitrogens with one attached hydrogen (secondary N) is 1. The summed E-state index contributed by atoms with van der Waals surface area (Å²) in [6, 6.07) is 0. The van der Waals surface area contributed by atoms with E-state index >= 15 is 0 Å². The lowest BCUT2D eigenvalue weighted by atomic mass is 9.99. The standard InChI is InChI=1S/C14H26F2N2O2/c1-10(2)5-6-11(3)8-20-13(19)18-14(4,9-17)7-12(15)16/h6,10,12H,5,7-9,17H2,1-4H3,(H,18,19)/b11-6+/t14-/m0/s1. The van der Waals surface area contributed by atoms with Crippen molar-refractivity contribution in [3.8, 4) is 0 Å². The van der Waals surface area contributed by atoms with E-state index in [9.17, 15) is 13.6 Å². The molecule has 0 aromatic heterocycles. The molecule has 4 nitrogen and oxygen atoms in total. The van der Waals surface area contributed by atoms with E-state index in [1.807, 2.05) is 13.0 Å². The van der Waals surface area contributed by atoms with Gasteiger partial charge in [-0.25, -0.2) is 13.6 Å². The fourth-order valence-corrected chi connectivity index (χ4v) is 1.48. The van der Waals surface area contributed by atoms with Gasteiger partial charge in [0.2, 0.25) is 6.43 Å². The molecule has 0 saturated heterocycles. The number of alkyl carbamates (subject to hydrolysis) is 1. The van der Waals surface area contributed by atoms with Gasteiger partial charge in [-0.15, -0.1) is 0 Å². The number of carbonyl (C=O) groups excluding carboxylic acids is 1. The summed E-state index contributed by atoms with van der Waals surface area (Å²) in [5, 5.41) is 2.40. The van der Waals surface area contributed by atoms with Crippen LogP contribution in [0.4, 0.5) is 13.6 Å². The number of halogens is 2. The van der Waals surface area contributed by atoms with E-state index in [1.54, 1.807) is 0 Å². The molecular formula is C14H26F2N2O2. The lowest BCUT2D eigenvalue weighted by Gasteiger charge is -2.28. The molecule has 118 valence electrons. The summed E-state index contributed by atoms with van der Waals surface area (Å²) in [5.74, 6) is 0.533. The Morgan fingerprint density at radius 2 is 2.05 bits per heavy atom. The summed E-state index contributed by atoms with van der Waals surface area (Å²) in [6.45, 7) is 7.59. The zero-order valence-electron chi connectivity index (χ0n) is 12.7. The predicted octanol–water partition coefficient (Wildman–Crippen LogP) is 3.08. The Bertz CT molecular complexity index is 333. The van der Waals surface area contributed by atoms with Crippen LogP contribution in [-0.2, 0) is 4.74 Å². The van der Waals surface area contributed by atoms with Crippen molar-refractivity contribution in [1.29, 1.82) is 0 Å². The largest absolute Gasteiger partial charge is 0.445 e. The second-order valence-electron chi connectivity index (χ2n) is 5.74. The number of alkyl halides is 2. The highest BCUT2D eigenvalue weighted by molar-refractivity contribution is 5.68. The first-order valence-electron chi connectivity index (χ1n) is 6.77. The topological polar surface area (TPSA) is 64.3 Å². The van der Waals surface area contributed by atoms with Crippen LogP contribution in [0.25, 0.3) is 0 Å². The molecule has 0 aliphatic carbocycles. The average molecular weight is 292 g/mol. The Balaban J connectivity index is 4.24. The molecule has 0 spiro atoms. The second-order valence-corrected chi connectivity index (χ2v) is 5.74. The first-order valence-corrected chi connectivity index (χ1v) is 6.77. The van der Waals surface area contributed by atoms with Crippen LogP contribution in [0.1, 0.15) is 40.5 Å². The van der Waals surface area contributed by atoms with Crippen LogP contribution < -0.4 is 11.1 Å². The first kappa shape index (κ1) is 18.8. The third kappa shape index (κ3) is 8.85. The highest BCUT2D eigenvalue weighted by Crippen LogP contribution is 2.14. The van der Waals surface area contributed by atoms with E-state index in [2.05, 4.69) is 19.2 Å². The number of carbonyl (C=O) groups is 1. The molecule has 0 aliphatic heterocycles.